The molecule has 0 spiro atoms. The average Bonchev–Trinajstić information content (AvgIpc) is 3.22. The van der Waals surface area contributed by atoms with E-state index < -0.39 is 23.7 Å². The van der Waals surface area contributed by atoms with E-state index in [-0.39, 0.29) is 11.5 Å². The molecule has 5 rings (SSSR count). The number of fused-ring (bicyclic) bond motifs is 1. The quantitative estimate of drug-likeness (QED) is 0.278. The minimum atomic E-state index is -1.01. The molecule has 1 aromatic heterocycles. The summed E-state index contributed by atoms with van der Waals surface area (Å²) in [5.41, 5.74) is 3.21. The molecule has 37 heavy (non-hydrogen) atoms. The molecule has 0 aliphatic heterocycles. The van der Waals surface area contributed by atoms with Gasteiger partial charge in [-0.1, -0.05) is 30.9 Å². The molecule has 1 N–H and O–H groups in total. The molecular weight excluding hydrogens is 498 g/mol. The van der Waals surface area contributed by atoms with Crippen LogP contribution in [0.3, 0.4) is 0 Å². The van der Waals surface area contributed by atoms with Crippen molar-refractivity contribution in [1.82, 2.24) is 9.78 Å². The van der Waals surface area contributed by atoms with Crippen LogP contribution in [0.2, 0.25) is 5.02 Å². The number of halogens is 3. The van der Waals surface area contributed by atoms with E-state index >= 15 is 0 Å². The first-order valence-corrected chi connectivity index (χ1v) is 12.8. The summed E-state index contributed by atoms with van der Waals surface area (Å²) in [5.74, 6) is -2.24. The van der Waals surface area contributed by atoms with Crippen LogP contribution in [0.1, 0.15) is 65.4 Å². The molecule has 1 aliphatic carbocycles. The van der Waals surface area contributed by atoms with Crippen LogP contribution in [0.4, 0.5) is 8.78 Å². The van der Waals surface area contributed by atoms with E-state index in [2.05, 4.69) is 5.10 Å². The van der Waals surface area contributed by atoms with E-state index in [0.29, 0.717) is 44.2 Å². The summed E-state index contributed by atoms with van der Waals surface area (Å²) in [5, 5.41) is 15.2. The van der Waals surface area contributed by atoms with Crippen molar-refractivity contribution in [2.75, 3.05) is 0 Å². The van der Waals surface area contributed by atoms with Crippen molar-refractivity contribution in [1.29, 1.82) is 0 Å². The summed E-state index contributed by atoms with van der Waals surface area (Å²) in [4.78, 5) is 11.6. The minimum Gasteiger partial charge on any atom is -0.483 e. The largest absolute Gasteiger partial charge is 0.483 e. The van der Waals surface area contributed by atoms with Gasteiger partial charge in [0.25, 0.3) is 0 Å². The van der Waals surface area contributed by atoms with Crippen LogP contribution in [-0.2, 0) is 0 Å². The molecule has 1 unspecified atom stereocenters. The summed E-state index contributed by atoms with van der Waals surface area (Å²) in [6.45, 7) is 3.63. The molecule has 5 nitrogen and oxygen atoms in total. The fraction of sp³-hybridized carbons (Fsp3) is 0.310. The molecule has 1 atom stereocenters. The number of hydrogen-bond acceptors (Lipinski definition) is 3. The lowest BCUT2D eigenvalue weighted by Gasteiger charge is -2.32. The standard InChI is InChI=1S/C29H27ClF2N2O3/c1-16-12-19(29(35)36)13-17(2)27(16)37-28(18-6-4-3-5-7-18)26-22-14-23(31)24(32)15-25(22)33-34(26)21-10-8-20(30)9-11-21/h8-15,18,28H,3-7H2,1-2H3,(H,35,36). The lowest BCUT2D eigenvalue weighted by Crippen LogP contribution is -2.25. The summed E-state index contributed by atoms with van der Waals surface area (Å²) in [6.07, 6.45) is 4.50. The van der Waals surface area contributed by atoms with Gasteiger partial charge in [0, 0.05) is 22.4 Å². The molecule has 1 heterocycles. The van der Waals surface area contributed by atoms with Gasteiger partial charge in [0.15, 0.2) is 11.6 Å². The van der Waals surface area contributed by atoms with Gasteiger partial charge in [-0.15, -0.1) is 0 Å². The molecule has 192 valence electrons. The monoisotopic (exact) mass is 524 g/mol. The van der Waals surface area contributed by atoms with E-state index in [0.717, 1.165) is 38.2 Å². The van der Waals surface area contributed by atoms with Crippen molar-refractivity contribution in [2.45, 2.75) is 52.1 Å². The van der Waals surface area contributed by atoms with Gasteiger partial charge in [0.1, 0.15) is 11.9 Å². The highest BCUT2D eigenvalue weighted by molar-refractivity contribution is 6.30. The van der Waals surface area contributed by atoms with Crippen LogP contribution >= 0.6 is 11.6 Å². The number of carboxylic acid groups (broad SMARTS) is 1. The van der Waals surface area contributed by atoms with E-state index in [1.165, 1.54) is 6.07 Å². The fourth-order valence-electron chi connectivity index (χ4n) is 5.35. The normalized spacial score (nSPS) is 15.2. The molecular formula is C29H27ClF2N2O3. The molecule has 0 saturated heterocycles. The van der Waals surface area contributed by atoms with Gasteiger partial charge in [0.2, 0.25) is 0 Å². The Kier molecular flexibility index (Phi) is 6.90. The van der Waals surface area contributed by atoms with Gasteiger partial charge in [0.05, 0.1) is 22.5 Å². The summed E-state index contributed by atoms with van der Waals surface area (Å²) in [7, 11) is 0. The Bertz CT molecular complexity index is 1450. The summed E-state index contributed by atoms with van der Waals surface area (Å²) >= 11 is 6.13. The van der Waals surface area contributed by atoms with E-state index in [4.69, 9.17) is 16.3 Å². The molecule has 3 aromatic carbocycles. The first kappa shape index (κ1) is 25.2. The van der Waals surface area contributed by atoms with Crippen LogP contribution in [0.25, 0.3) is 16.6 Å². The number of aromatic carboxylic acids is 1. The molecule has 1 fully saturated rings. The Hall–Kier alpha value is -3.45. The first-order chi connectivity index (χ1) is 17.7. The van der Waals surface area contributed by atoms with Gasteiger partial charge in [-0.25, -0.2) is 18.3 Å². The lowest BCUT2D eigenvalue weighted by atomic mass is 9.83. The predicted molar refractivity (Wildman–Crippen MR) is 139 cm³/mol. The van der Waals surface area contributed by atoms with Crippen LogP contribution in [-0.4, -0.2) is 20.9 Å². The molecule has 8 heteroatoms. The highest BCUT2D eigenvalue weighted by atomic mass is 35.5. The zero-order valence-electron chi connectivity index (χ0n) is 20.6. The number of carbonyl (C=O) groups is 1. The summed E-state index contributed by atoms with van der Waals surface area (Å²) in [6, 6.07) is 12.6. The van der Waals surface area contributed by atoms with E-state index in [9.17, 15) is 18.7 Å². The second kappa shape index (κ2) is 10.1. The maximum Gasteiger partial charge on any atom is 0.335 e. The van der Waals surface area contributed by atoms with Gasteiger partial charge in [-0.05, 0) is 80.3 Å². The zero-order valence-corrected chi connectivity index (χ0v) is 21.4. The van der Waals surface area contributed by atoms with Crippen LogP contribution in [0.15, 0.2) is 48.5 Å². The topological polar surface area (TPSA) is 64.3 Å². The number of aromatic nitrogens is 2. The lowest BCUT2D eigenvalue weighted by molar-refractivity contribution is 0.0696. The molecule has 0 bridgehead atoms. The van der Waals surface area contributed by atoms with Crippen LogP contribution in [0.5, 0.6) is 5.75 Å². The minimum absolute atomic E-state index is 0.103. The van der Waals surface area contributed by atoms with Crippen molar-refractivity contribution >= 4 is 28.5 Å². The van der Waals surface area contributed by atoms with Crippen LogP contribution in [0, 0.1) is 31.4 Å². The zero-order chi connectivity index (χ0) is 26.3. The third kappa shape index (κ3) is 4.92. The van der Waals surface area contributed by atoms with Gasteiger partial charge in [-0.3, -0.25) is 0 Å². The van der Waals surface area contributed by atoms with Crippen molar-refractivity contribution in [3.05, 3.63) is 87.6 Å². The highest BCUT2D eigenvalue weighted by Crippen LogP contribution is 2.43. The maximum atomic E-state index is 14.5. The average molecular weight is 525 g/mol. The van der Waals surface area contributed by atoms with E-state index in [1.807, 2.05) is 13.8 Å². The number of carboxylic acids is 1. The number of nitrogens with zero attached hydrogens (tertiary/aromatic N) is 2. The molecule has 1 aliphatic rings. The van der Waals surface area contributed by atoms with Gasteiger partial charge >= 0.3 is 5.97 Å². The van der Waals surface area contributed by atoms with Crippen molar-refractivity contribution in [2.24, 2.45) is 5.92 Å². The Balaban J connectivity index is 1.73. The maximum absolute atomic E-state index is 14.5. The number of ether oxygens (including phenoxy) is 1. The Morgan fingerprint density at radius 3 is 2.27 bits per heavy atom. The van der Waals surface area contributed by atoms with Crippen LogP contribution < -0.4 is 4.74 Å². The Morgan fingerprint density at radius 1 is 1.03 bits per heavy atom. The second-order valence-electron chi connectivity index (χ2n) is 9.74. The Morgan fingerprint density at radius 2 is 1.65 bits per heavy atom. The van der Waals surface area contributed by atoms with E-state index in [1.54, 1.807) is 41.1 Å². The van der Waals surface area contributed by atoms with Crippen molar-refractivity contribution in [3.8, 4) is 11.4 Å². The first-order valence-electron chi connectivity index (χ1n) is 12.4. The smallest absolute Gasteiger partial charge is 0.335 e. The molecule has 1 saturated carbocycles. The fourth-order valence-corrected chi connectivity index (χ4v) is 5.48. The van der Waals surface area contributed by atoms with Crippen molar-refractivity contribution < 1.29 is 23.4 Å². The number of aryl methyl sites for hydroxylation is 2. The van der Waals surface area contributed by atoms with Gasteiger partial charge < -0.3 is 9.84 Å². The molecule has 0 radical (unpaired) electrons. The van der Waals surface area contributed by atoms with Gasteiger partial charge in [-0.2, -0.15) is 5.10 Å². The number of rotatable bonds is 6. The third-order valence-electron chi connectivity index (χ3n) is 7.12. The third-order valence-corrected chi connectivity index (χ3v) is 7.37. The molecule has 0 amide bonds. The van der Waals surface area contributed by atoms with Crippen molar-refractivity contribution in [3.63, 3.8) is 0 Å². The number of benzene rings is 3. The Labute approximate surface area is 218 Å². The molecule has 4 aromatic rings. The summed E-state index contributed by atoms with van der Waals surface area (Å²) < 4.78 is 37.2. The number of hydrogen-bond donors (Lipinski definition) is 1. The second-order valence-corrected chi connectivity index (χ2v) is 10.2. The predicted octanol–water partition coefficient (Wildman–Crippen LogP) is 7.97. The SMILES string of the molecule is Cc1cc(C(=O)O)cc(C)c1OC(c1c2cc(F)c(F)cc2nn1-c1ccc(Cl)cc1)C1CCCCC1. The highest BCUT2D eigenvalue weighted by Gasteiger charge is 2.33.